The lowest BCUT2D eigenvalue weighted by Crippen LogP contribution is -2.14. The summed E-state index contributed by atoms with van der Waals surface area (Å²) in [5.41, 5.74) is 2.64. The lowest BCUT2D eigenvalue weighted by molar-refractivity contribution is 0.0965. The van der Waals surface area contributed by atoms with Gasteiger partial charge in [-0.05, 0) is 5.56 Å². The third-order valence-electron chi connectivity index (χ3n) is 4.16. The molecule has 0 radical (unpaired) electrons. The zero-order chi connectivity index (χ0) is 16.9. The van der Waals surface area contributed by atoms with Crippen molar-refractivity contribution in [3.05, 3.63) is 107 Å². The molecule has 0 saturated heterocycles. The van der Waals surface area contributed by atoms with Crippen LogP contribution in [0.5, 0.6) is 0 Å². The van der Waals surface area contributed by atoms with Crippen molar-refractivity contribution in [2.45, 2.75) is 12.8 Å². The van der Waals surface area contributed by atoms with E-state index in [2.05, 4.69) is 0 Å². The van der Waals surface area contributed by atoms with Gasteiger partial charge in [-0.25, -0.2) is 0 Å². The van der Waals surface area contributed by atoms with Gasteiger partial charge in [-0.15, -0.1) is 0 Å². The van der Waals surface area contributed by atoms with Crippen LogP contribution in [0.25, 0.3) is 0 Å². The Morgan fingerprint density at radius 1 is 0.667 bits per heavy atom. The van der Waals surface area contributed by atoms with Crippen LogP contribution in [0.4, 0.5) is 0 Å². The number of hydrogen-bond donors (Lipinski definition) is 0. The maximum absolute atomic E-state index is 12.8. The molecular weight excluding hydrogens is 296 g/mol. The van der Waals surface area contributed by atoms with Gasteiger partial charge in [-0.1, -0.05) is 91.9 Å². The minimum atomic E-state index is -0.378. The van der Waals surface area contributed by atoms with E-state index in [1.807, 2.05) is 61.5 Å². The molecule has 0 aliphatic rings. The molecular formula is C22H18O2. The summed E-state index contributed by atoms with van der Waals surface area (Å²) in [5.74, 6) is -0.418. The first kappa shape index (κ1) is 15.9. The largest absolute Gasteiger partial charge is 0.294 e. The van der Waals surface area contributed by atoms with E-state index in [0.29, 0.717) is 16.7 Å². The summed E-state index contributed by atoms with van der Waals surface area (Å²) in [6.07, 6.45) is 0. The van der Waals surface area contributed by atoms with Gasteiger partial charge in [0.1, 0.15) is 0 Å². The minimum absolute atomic E-state index is 0.0175. The topological polar surface area (TPSA) is 34.1 Å². The van der Waals surface area contributed by atoms with Crippen LogP contribution >= 0.6 is 0 Å². The molecule has 0 aromatic heterocycles. The van der Waals surface area contributed by atoms with Crippen molar-refractivity contribution in [2.75, 3.05) is 0 Å². The highest BCUT2D eigenvalue weighted by Gasteiger charge is 2.22. The molecule has 24 heavy (non-hydrogen) atoms. The first-order valence-electron chi connectivity index (χ1n) is 7.96. The van der Waals surface area contributed by atoms with Gasteiger partial charge in [-0.3, -0.25) is 9.59 Å². The number of carbonyl (C=O) groups excluding carboxylic acids is 2. The van der Waals surface area contributed by atoms with Crippen molar-refractivity contribution in [1.82, 2.24) is 0 Å². The third-order valence-corrected chi connectivity index (χ3v) is 4.16. The molecule has 118 valence electrons. The van der Waals surface area contributed by atoms with Crippen LogP contribution in [-0.2, 0) is 0 Å². The van der Waals surface area contributed by atoms with Crippen molar-refractivity contribution in [1.29, 1.82) is 0 Å². The van der Waals surface area contributed by atoms with Gasteiger partial charge in [0.15, 0.2) is 11.6 Å². The second kappa shape index (κ2) is 7.05. The van der Waals surface area contributed by atoms with Crippen LogP contribution in [0, 0.1) is 0 Å². The molecule has 0 aliphatic heterocycles. The number of carbonyl (C=O) groups is 2. The van der Waals surface area contributed by atoms with E-state index in [-0.39, 0.29) is 17.5 Å². The molecule has 3 aromatic carbocycles. The van der Waals surface area contributed by atoms with E-state index in [1.165, 1.54) is 0 Å². The highest BCUT2D eigenvalue weighted by atomic mass is 16.1. The van der Waals surface area contributed by atoms with Gasteiger partial charge in [0.05, 0.1) is 0 Å². The van der Waals surface area contributed by atoms with Crippen LogP contribution in [0.15, 0.2) is 84.9 Å². The lowest BCUT2D eigenvalue weighted by Gasteiger charge is -2.15. The van der Waals surface area contributed by atoms with Gasteiger partial charge in [0.25, 0.3) is 0 Å². The molecule has 0 heterocycles. The van der Waals surface area contributed by atoms with Crippen molar-refractivity contribution in [3.63, 3.8) is 0 Å². The highest BCUT2D eigenvalue weighted by molar-refractivity contribution is 6.11. The van der Waals surface area contributed by atoms with E-state index in [0.717, 1.165) is 5.56 Å². The molecule has 0 saturated carbocycles. The molecule has 0 amide bonds. The normalized spacial score (nSPS) is 11.7. The summed E-state index contributed by atoms with van der Waals surface area (Å²) < 4.78 is 0. The predicted molar refractivity (Wildman–Crippen MR) is 95.5 cm³/mol. The molecule has 0 aliphatic carbocycles. The smallest absolute Gasteiger partial charge is 0.193 e. The van der Waals surface area contributed by atoms with Gasteiger partial charge in [-0.2, -0.15) is 0 Å². The zero-order valence-corrected chi connectivity index (χ0v) is 13.5. The van der Waals surface area contributed by atoms with E-state index in [4.69, 9.17) is 0 Å². The average molecular weight is 314 g/mol. The fourth-order valence-corrected chi connectivity index (χ4v) is 2.82. The monoisotopic (exact) mass is 314 g/mol. The SMILES string of the molecule is CC(C(=O)c1ccccc1)c1ccccc1C(=O)c1ccccc1. The summed E-state index contributed by atoms with van der Waals surface area (Å²) in [7, 11) is 0. The second-order valence-electron chi connectivity index (χ2n) is 5.73. The van der Waals surface area contributed by atoms with Crippen LogP contribution in [0.3, 0.4) is 0 Å². The summed E-state index contributed by atoms with van der Waals surface area (Å²) >= 11 is 0. The maximum Gasteiger partial charge on any atom is 0.193 e. The standard InChI is InChI=1S/C22H18O2/c1-16(21(23)17-10-4-2-5-11-17)19-14-8-9-15-20(19)22(24)18-12-6-3-7-13-18/h2-16H,1H3. The maximum atomic E-state index is 12.8. The minimum Gasteiger partial charge on any atom is -0.294 e. The molecule has 0 fully saturated rings. The van der Waals surface area contributed by atoms with Gasteiger partial charge >= 0.3 is 0 Å². The number of Topliss-reactive ketones (excluding diaryl/α,β-unsaturated/α-hetero) is 1. The summed E-state index contributed by atoms with van der Waals surface area (Å²) in [4.78, 5) is 25.6. The van der Waals surface area contributed by atoms with Crippen LogP contribution in [0.2, 0.25) is 0 Å². The lowest BCUT2D eigenvalue weighted by atomic mass is 9.86. The Hall–Kier alpha value is -3.00. The molecule has 1 atom stereocenters. The zero-order valence-electron chi connectivity index (χ0n) is 13.5. The molecule has 3 aromatic rings. The Morgan fingerprint density at radius 3 is 1.79 bits per heavy atom. The average Bonchev–Trinajstić information content (AvgIpc) is 2.67. The molecule has 2 nitrogen and oxygen atoms in total. The molecule has 1 unspecified atom stereocenters. The first-order valence-corrected chi connectivity index (χ1v) is 7.96. The molecule has 3 rings (SSSR count). The van der Waals surface area contributed by atoms with Crippen LogP contribution in [0.1, 0.15) is 44.7 Å². The number of benzene rings is 3. The Balaban J connectivity index is 1.98. The fourth-order valence-electron chi connectivity index (χ4n) is 2.82. The predicted octanol–water partition coefficient (Wildman–Crippen LogP) is 4.90. The van der Waals surface area contributed by atoms with E-state index >= 15 is 0 Å². The van der Waals surface area contributed by atoms with Crippen molar-refractivity contribution >= 4 is 11.6 Å². The van der Waals surface area contributed by atoms with Gasteiger partial charge < -0.3 is 0 Å². The third kappa shape index (κ3) is 3.18. The molecule has 0 bridgehead atoms. The molecule has 2 heteroatoms. The first-order chi connectivity index (χ1) is 11.7. The van der Waals surface area contributed by atoms with E-state index < -0.39 is 0 Å². The molecule has 0 spiro atoms. The van der Waals surface area contributed by atoms with Gasteiger partial charge in [0, 0.05) is 22.6 Å². The Morgan fingerprint density at radius 2 is 1.17 bits per heavy atom. The number of rotatable bonds is 5. The Kier molecular flexibility index (Phi) is 4.66. The summed E-state index contributed by atoms with van der Waals surface area (Å²) in [5, 5.41) is 0. The number of hydrogen-bond acceptors (Lipinski definition) is 2. The van der Waals surface area contributed by atoms with Crippen molar-refractivity contribution < 1.29 is 9.59 Å². The quantitative estimate of drug-likeness (QED) is 0.627. The molecule has 0 N–H and O–H groups in total. The fraction of sp³-hybridized carbons (Fsp3) is 0.0909. The second-order valence-corrected chi connectivity index (χ2v) is 5.73. The summed E-state index contributed by atoms with van der Waals surface area (Å²) in [6, 6.07) is 25.7. The van der Waals surface area contributed by atoms with E-state index in [1.54, 1.807) is 30.3 Å². The van der Waals surface area contributed by atoms with Crippen molar-refractivity contribution in [2.24, 2.45) is 0 Å². The van der Waals surface area contributed by atoms with Crippen LogP contribution in [-0.4, -0.2) is 11.6 Å². The van der Waals surface area contributed by atoms with Crippen LogP contribution < -0.4 is 0 Å². The number of ketones is 2. The summed E-state index contributed by atoms with van der Waals surface area (Å²) in [6.45, 7) is 1.85. The highest BCUT2D eigenvalue weighted by Crippen LogP contribution is 2.25. The Bertz CT molecular complexity index is 851. The Labute approximate surface area is 141 Å². The van der Waals surface area contributed by atoms with Gasteiger partial charge in [0.2, 0.25) is 0 Å². The van der Waals surface area contributed by atoms with E-state index in [9.17, 15) is 9.59 Å². The van der Waals surface area contributed by atoms with Crippen molar-refractivity contribution in [3.8, 4) is 0 Å².